The molecule has 2 aromatic rings. The molecule has 0 spiro atoms. The van der Waals surface area contributed by atoms with Crippen LogP contribution in [0, 0.1) is 13.8 Å². The number of nitrogens with two attached hydrogens (primary N) is 1. The number of methoxy groups -OCH3 is 1. The molecule has 0 aliphatic carbocycles. The lowest BCUT2D eigenvalue weighted by molar-refractivity contribution is 0.0922. The van der Waals surface area contributed by atoms with E-state index in [1.54, 1.807) is 31.4 Å². The van der Waals surface area contributed by atoms with Gasteiger partial charge in [0, 0.05) is 5.56 Å². The summed E-state index contributed by atoms with van der Waals surface area (Å²) in [6.45, 7) is 3.80. The van der Waals surface area contributed by atoms with Crippen LogP contribution in [0.3, 0.4) is 0 Å². The third-order valence-corrected chi connectivity index (χ3v) is 3.24. The van der Waals surface area contributed by atoms with Gasteiger partial charge in [-0.15, -0.1) is 0 Å². The Bertz CT molecular complexity index is 665. The Morgan fingerprint density at radius 2 is 1.81 bits per heavy atom. The number of benzene rings is 2. The van der Waals surface area contributed by atoms with Crippen molar-refractivity contribution in [2.75, 3.05) is 19.5 Å². The number of hydrogen-bond acceptors (Lipinski definition) is 4. The van der Waals surface area contributed by atoms with E-state index in [-0.39, 0.29) is 12.4 Å². The predicted molar refractivity (Wildman–Crippen MR) is 83.1 cm³/mol. The summed E-state index contributed by atoms with van der Waals surface area (Å²) in [5.41, 5.74) is 8.96. The Kier molecular flexibility index (Phi) is 4.48. The van der Waals surface area contributed by atoms with Gasteiger partial charge in [-0.3, -0.25) is 4.79 Å². The van der Waals surface area contributed by atoms with Crippen LogP contribution in [0.4, 0.5) is 5.69 Å². The number of nitrogen functional groups attached to an aromatic ring is 1. The fraction of sp³-hybridized carbons (Fsp3) is 0.235. The van der Waals surface area contributed by atoms with Gasteiger partial charge >= 0.3 is 0 Å². The second kappa shape index (κ2) is 6.31. The highest BCUT2D eigenvalue weighted by atomic mass is 16.5. The Morgan fingerprint density at radius 3 is 2.43 bits per heavy atom. The Labute approximate surface area is 124 Å². The number of ether oxygens (including phenoxy) is 2. The number of carbonyl (C=O) groups is 1. The summed E-state index contributed by atoms with van der Waals surface area (Å²) in [5, 5.41) is 0. The van der Waals surface area contributed by atoms with E-state index in [2.05, 4.69) is 0 Å². The minimum atomic E-state index is -0.0965. The number of ketones is 1. The molecule has 0 unspecified atom stereocenters. The number of carbonyl (C=O) groups excluding carboxylic acids is 1. The number of rotatable bonds is 5. The zero-order chi connectivity index (χ0) is 15.4. The predicted octanol–water partition coefficient (Wildman–Crippen LogP) is 3.16. The zero-order valence-corrected chi connectivity index (χ0v) is 12.5. The third-order valence-electron chi connectivity index (χ3n) is 3.24. The van der Waals surface area contributed by atoms with Gasteiger partial charge in [0.25, 0.3) is 0 Å². The number of hydrogen-bond donors (Lipinski definition) is 1. The van der Waals surface area contributed by atoms with Gasteiger partial charge in [0.05, 0.1) is 12.8 Å². The SMILES string of the molecule is COc1ccc(C(=O)COc2ccc(C)cc2N)cc1C. The summed E-state index contributed by atoms with van der Waals surface area (Å²) in [5.74, 6) is 1.19. The van der Waals surface area contributed by atoms with E-state index < -0.39 is 0 Å². The van der Waals surface area contributed by atoms with Crippen molar-refractivity contribution in [3.63, 3.8) is 0 Å². The maximum atomic E-state index is 12.1. The first-order chi connectivity index (χ1) is 10.0. The second-order valence-electron chi connectivity index (χ2n) is 4.94. The van der Waals surface area contributed by atoms with Gasteiger partial charge in [0.1, 0.15) is 11.5 Å². The average molecular weight is 285 g/mol. The van der Waals surface area contributed by atoms with Crippen LogP contribution < -0.4 is 15.2 Å². The summed E-state index contributed by atoms with van der Waals surface area (Å²) < 4.78 is 10.7. The number of anilines is 1. The Morgan fingerprint density at radius 1 is 1.10 bits per heavy atom. The lowest BCUT2D eigenvalue weighted by Gasteiger charge is -2.10. The number of Topliss-reactive ketones (excluding diaryl/α,β-unsaturated/α-hetero) is 1. The Balaban J connectivity index is 2.06. The molecular formula is C17H19NO3. The smallest absolute Gasteiger partial charge is 0.200 e. The van der Waals surface area contributed by atoms with Gasteiger partial charge in [-0.1, -0.05) is 6.07 Å². The summed E-state index contributed by atoms with van der Waals surface area (Å²) in [6, 6.07) is 10.8. The molecule has 110 valence electrons. The first-order valence-electron chi connectivity index (χ1n) is 6.68. The fourth-order valence-corrected chi connectivity index (χ4v) is 2.08. The standard InChI is InChI=1S/C17H19NO3/c1-11-4-6-17(14(18)8-11)21-10-15(19)13-5-7-16(20-3)12(2)9-13/h4-9H,10,18H2,1-3H3. The zero-order valence-electron chi connectivity index (χ0n) is 12.5. The lowest BCUT2D eigenvalue weighted by atomic mass is 10.1. The van der Waals surface area contributed by atoms with Crippen molar-refractivity contribution in [1.29, 1.82) is 0 Å². The van der Waals surface area contributed by atoms with E-state index in [9.17, 15) is 4.79 Å². The van der Waals surface area contributed by atoms with Crippen LogP contribution in [0.2, 0.25) is 0 Å². The molecule has 0 saturated carbocycles. The van der Waals surface area contributed by atoms with Crippen LogP contribution in [0.15, 0.2) is 36.4 Å². The van der Waals surface area contributed by atoms with Crippen molar-refractivity contribution in [2.45, 2.75) is 13.8 Å². The lowest BCUT2D eigenvalue weighted by Crippen LogP contribution is -2.12. The maximum absolute atomic E-state index is 12.1. The van der Waals surface area contributed by atoms with Crippen LogP contribution in [0.1, 0.15) is 21.5 Å². The van der Waals surface area contributed by atoms with Crippen LogP contribution in [-0.4, -0.2) is 19.5 Å². The van der Waals surface area contributed by atoms with Gasteiger partial charge in [-0.05, 0) is 55.3 Å². The third kappa shape index (κ3) is 3.54. The van der Waals surface area contributed by atoms with Crippen LogP contribution in [0.25, 0.3) is 0 Å². The quantitative estimate of drug-likeness (QED) is 0.677. The van der Waals surface area contributed by atoms with Gasteiger partial charge in [-0.2, -0.15) is 0 Å². The van der Waals surface area contributed by atoms with Gasteiger partial charge in [-0.25, -0.2) is 0 Å². The molecule has 2 aromatic carbocycles. The van der Waals surface area contributed by atoms with E-state index in [0.717, 1.165) is 16.9 Å². The van der Waals surface area contributed by atoms with E-state index in [4.69, 9.17) is 15.2 Å². The molecule has 0 radical (unpaired) electrons. The van der Waals surface area contributed by atoms with E-state index in [1.165, 1.54) is 0 Å². The molecule has 21 heavy (non-hydrogen) atoms. The maximum Gasteiger partial charge on any atom is 0.200 e. The molecule has 4 heteroatoms. The topological polar surface area (TPSA) is 61.5 Å². The highest BCUT2D eigenvalue weighted by Crippen LogP contribution is 2.23. The summed E-state index contributed by atoms with van der Waals surface area (Å²) in [6.07, 6.45) is 0. The molecule has 0 aromatic heterocycles. The monoisotopic (exact) mass is 285 g/mol. The van der Waals surface area contributed by atoms with Crippen molar-refractivity contribution < 1.29 is 14.3 Å². The largest absolute Gasteiger partial charge is 0.496 e. The summed E-state index contributed by atoms with van der Waals surface area (Å²) in [4.78, 5) is 12.1. The van der Waals surface area contributed by atoms with Crippen molar-refractivity contribution in [3.8, 4) is 11.5 Å². The van der Waals surface area contributed by atoms with Gasteiger partial charge < -0.3 is 15.2 Å². The van der Waals surface area contributed by atoms with Crippen molar-refractivity contribution in [1.82, 2.24) is 0 Å². The molecule has 2 rings (SSSR count). The van der Waals surface area contributed by atoms with Crippen LogP contribution >= 0.6 is 0 Å². The summed E-state index contributed by atoms with van der Waals surface area (Å²) in [7, 11) is 1.60. The minimum absolute atomic E-state index is 0.0426. The van der Waals surface area contributed by atoms with Crippen molar-refractivity contribution in [2.24, 2.45) is 0 Å². The van der Waals surface area contributed by atoms with E-state index in [0.29, 0.717) is 17.0 Å². The highest BCUT2D eigenvalue weighted by molar-refractivity contribution is 5.97. The molecule has 0 bridgehead atoms. The highest BCUT2D eigenvalue weighted by Gasteiger charge is 2.10. The average Bonchev–Trinajstić information content (AvgIpc) is 2.46. The van der Waals surface area contributed by atoms with Crippen molar-refractivity contribution in [3.05, 3.63) is 53.1 Å². The molecule has 0 atom stereocenters. The molecule has 0 fully saturated rings. The second-order valence-corrected chi connectivity index (χ2v) is 4.94. The van der Waals surface area contributed by atoms with Crippen LogP contribution in [0.5, 0.6) is 11.5 Å². The molecule has 0 heterocycles. The molecule has 0 saturated heterocycles. The number of aryl methyl sites for hydroxylation is 2. The van der Waals surface area contributed by atoms with E-state index in [1.807, 2.05) is 26.0 Å². The van der Waals surface area contributed by atoms with Crippen LogP contribution in [-0.2, 0) is 0 Å². The summed E-state index contributed by atoms with van der Waals surface area (Å²) >= 11 is 0. The first-order valence-corrected chi connectivity index (χ1v) is 6.68. The van der Waals surface area contributed by atoms with Gasteiger partial charge in [0.15, 0.2) is 12.4 Å². The van der Waals surface area contributed by atoms with Gasteiger partial charge in [0.2, 0.25) is 0 Å². The fourth-order valence-electron chi connectivity index (χ4n) is 2.08. The Hall–Kier alpha value is -2.49. The van der Waals surface area contributed by atoms with Crippen molar-refractivity contribution >= 4 is 11.5 Å². The first kappa shape index (κ1) is 14.9. The molecule has 2 N–H and O–H groups in total. The molecule has 0 aliphatic rings. The minimum Gasteiger partial charge on any atom is -0.496 e. The molecule has 0 aliphatic heterocycles. The normalized spacial score (nSPS) is 10.2. The molecule has 0 amide bonds. The van der Waals surface area contributed by atoms with E-state index >= 15 is 0 Å². The molecular weight excluding hydrogens is 266 g/mol. The molecule has 4 nitrogen and oxygen atoms in total.